The van der Waals surface area contributed by atoms with Gasteiger partial charge in [0.15, 0.2) is 5.82 Å². The third-order valence-electron chi connectivity index (χ3n) is 4.24. The van der Waals surface area contributed by atoms with Gasteiger partial charge in [0.05, 0.1) is 9.41 Å². The average molecular weight is 383 g/mol. The first-order valence-corrected chi connectivity index (χ1v) is 10.2. The van der Waals surface area contributed by atoms with Crippen molar-refractivity contribution in [1.82, 2.24) is 14.6 Å². The lowest BCUT2D eigenvalue weighted by atomic mass is 10.2. The zero-order chi connectivity index (χ0) is 18.1. The van der Waals surface area contributed by atoms with Gasteiger partial charge in [0.1, 0.15) is 0 Å². The zero-order valence-corrected chi connectivity index (χ0v) is 16.2. The summed E-state index contributed by atoms with van der Waals surface area (Å²) in [4.78, 5) is 21.0. The largest absolute Gasteiger partial charge is 0.372 e. The molecule has 0 spiro atoms. The molecule has 0 aliphatic heterocycles. The van der Waals surface area contributed by atoms with Crippen molar-refractivity contribution in [2.24, 2.45) is 0 Å². The Morgan fingerprint density at radius 2 is 1.92 bits per heavy atom. The van der Waals surface area contributed by atoms with E-state index in [0.717, 1.165) is 23.5 Å². The highest BCUT2D eigenvalue weighted by atomic mass is 32.1. The van der Waals surface area contributed by atoms with Crippen molar-refractivity contribution in [2.45, 2.75) is 13.8 Å². The quantitative estimate of drug-likeness (QED) is 0.532. The lowest BCUT2D eigenvalue weighted by Gasteiger charge is -2.20. The van der Waals surface area contributed by atoms with E-state index >= 15 is 0 Å². The first-order valence-electron chi connectivity index (χ1n) is 8.49. The predicted molar refractivity (Wildman–Crippen MR) is 109 cm³/mol. The Labute approximate surface area is 158 Å². The Bertz CT molecular complexity index is 1120. The molecule has 132 valence electrons. The van der Waals surface area contributed by atoms with Crippen molar-refractivity contribution in [2.75, 3.05) is 18.0 Å². The van der Waals surface area contributed by atoms with Crippen LogP contribution in [-0.2, 0) is 0 Å². The van der Waals surface area contributed by atoms with E-state index < -0.39 is 0 Å². The van der Waals surface area contributed by atoms with Crippen molar-refractivity contribution in [1.29, 1.82) is 0 Å². The molecule has 7 heteroatoms. The van der Waals surface area contributed by atoms with Crippen LogP contribution in [0.25, 0.3) is 21.7 Å². The second kappa shape index (κ2) is 7.01. The van der Waals surface area contributed by atoms with Gasteiger partial charge in [-0.05, 0) is 49.1 Å². The number of anilines is 1. The third kappa shape index (κ3) is 3.04. The predicted octanol–water partition coefficient (Wildman–Crippen LogP) is 3.27. The van der Waals surface area contributed by atoms with E-state index in [9.17, 15) is 4.79 Å². The van der Waals surface area contributed by atoms with Crippen LogP contribution in [0.2, 0.25) is 0 Å². The zero-order valence-electron chi connectivity index (χ0n) is 14.5. The standard InChI is InChI=1S/C19H18N4OS2/c1-3-22(4-2)14-9-7-13(8-10-14)12-16-18(24)23-19(26-16)20-17(21-23)15-6-5-11-25-15/h5-12H,3-4H2,1-2H3. The molecule has 0 aliphatic carbocycles. The molecule has 0 fully saturated rings. The van der Waals surface area contributed by atoms with E-state index in [-0.39, 0.29) is 5.56 Å². The maximum Gasteiger partial charge on any atom is 0.291 e. The first-order chi connectivity index (χ1) is 12.7. The van der Waals surface area contributed by atoms with Crippen LogP contribution < -0.4 is 15.0 Å². The number of rotatable bonds is 5. The smallest absolute Gasteiger partial charge is 0.291 e. The van der Waals surface area contributed by atoms with Crippen LogP contribution in [0.1, 0.15) is 19.4 Å². The monoisotopic (exact) mass is 382 g/mol. The van der Waals surface area contributed by atoms with Crippen LogP contribution in [0.5, 0.6) is 0 Å². The van der Waals surface area contributed by atoms with Gasteiger partial charge < -0.3 is 4.90 Å². The van der Waals surface area contributed by atoms with Gasteiger partial charge in [0.2, 0.25) is 4.96 Å². The summed E-state index contributed by atoms with van der Waals surface area (Å²) in [7, 11) is 0. The van der Waals surface area contributed by atoms with Gasteiger partial charge in [-0.2, -0.15) is 9.50 Å². The molecule has 0 unspecified atom stereocenters. The number of fused-ring (bicyclic) bond motifs is 1. The van der Waals surface area contributed by atoms with Gasteiger partial charge in [-0.1, -0.05) is 29.5 Å². The highest BCUT2D eigenvalue weighted by molar-refractivity contribution is 7.15. The maximum absolute atomic E-state index is 12.6. The van der Waals surface area contributed by atoms with E-state index in [1.165, 1.54) is 21.5 Å². The minimum absolute atomic E-state index is 0.117. The fourth-order valence-corrected chi connectivity index (χ4v) is 4.43. The Hall–Kier alpha value is -2.51. The van der Waals surface area contributed by atoms with Crippen molar-refractivity contribution < 1.29 is 0 Å². The summed E-state index contributed by atoms with van der Waals surface area (Å²) >= 11 is 2.94. The molecule has 26 heavy (non-hydrogen) atoms. The summed E-state index contributed by atoms with van der Waals surface area (Å²) in [6, 6.07) is 12.2. The second-order valence-electron chi connectivity index (χ2n) is 5.79. The number of hydrogen-bond donors (Lipinski definition) is 0. The van der Waals surface area contributed by atoms with E-state index in [0.29, 0.717) is 15.3 Å². The number of hydrogen-bond acceptors (Lipinski definition) is 6. The Morgan fingerprint density at radius 1 is 1.15 bits per heavy atom. The van der Waals surface area contributed by atoms with Gasteiger partial charge in [-0.15, -0.1) is 16.4 Å². The maximum atomic E-state index is 12.6. The summed E-state index contributed by atoms with van der Waals surface area (Å²) in [5, 5.41) is 6.34. The Balaban J connectivity index is 1.69. The van der Waals surface area contributed by atoms with Crippen molar-refractivity contribution in [3.63, 3.8) is 0 Å². The molecule has 3 heterocycles. The SMILES string of the molecule is CCN(CC)c1ccc(C=c2sc3nc(-c4cccs4)nn3c2=O)cc1. The van der Waals surface area contributed by atoms with Crippen LogP contribution >= 0.6 is 22.7 Å². The van der Waals surface area contributed by atoms with Gasteiger partial charge in [0.25, 0.3) is 5.56 Å². The normalized spacial score (nSPS) is 12.2. The molecule has 1 aromatic carbocycles. The van der Waals surface area contributed by atoms with E-state index in [1.54, 1.807) is 11.3 Å². The van der Waals surface area contributed by atoms with Gasteiger partial charge >= 0.3 is 0 Å². The van der Waals surface area contributed by atoms with Gasteiger partial charge in [0, 0.05) is 18.8 Å². The van der Waals surface area contributed by atoms with Gasteiger partial charge in [-0.25, -0.2) is 0 Å². The van der Waals surface area contributed by atoms with E-state index in [2.05, 4.69) is 41.0 Å². The molecular weight excluding hydrogens is 364 g/mol. The summed E-state index contributed by atoms with van der Waals surface area (Å²) in [6.07, 6.45) is 1.90. The molecule has 0 amide bonds. The van der Waals surface area contributed by atoms with Crippen molar-refractivity contribution >= 4 is 39.4 Å². The minimum Gasteiger partial charge on any atom is -0.372 e. The fourth-order valence-electron chi connectivity index (χ4n) is 2.87. The number of thiazole rings is 1. The number of benzene rings is 1. The summed E-state index contributed by atoms with van der Waals surface area (Å²) < 4.78 is 2.05. The molecule has 0 radical (unpaired) electrons. The topological polar surface area (TPSA) is 50.5 Å². The fraction of sp³-hybridized carbons (Fsp3) is 0.211. The number of aromatic nitrogens is 3. The second-order valence-corrected chi connectivity index (χ2v) is 7.74. The lowest BCUT2D eigenvalue weighted by Crippen LogP contribution is -2.23. The van der Waals surface area contributed by atoms with E-state index in [1.807, 2.05) is 35.7 Å². The molecule has 4 rings (SSSR count). The van der Waals surface area contributed by atoms with Gasteiger partial charge in [-0.3, -0.25) is 4.79 Å². The Morgan fingerprint density at radius 3 is 2.54 bits per heavy atom. The highest BCUT2D eigenvalue weighted by Gasteiger charge is 2.12. The molecular formula is C19H18N4OS2. The molecule has 0 bridgehead atoms. The van der Waals surface area contributed by atoms with Crippen LogP contribution in [0.4, 0.5) is 5.69 Å². The van der Waals surface area contributed by atoms with Crippen LogP contribution in [-0.4, -0.2) is 27.7 Å². The molecule has 0 saturated carbocycles. The molecule has 0 aliphatic rings. The number of nitrogens with zero attached hydrogens (tertiary/aromatic N) is 4. The Kier molecular flexibility index (Phi) is 4.57. The molecule has 5 nitrogen and oxygen atoms in total. The van der Waals surface area contributed by atoms with Crippen LogP contribution in [0.3, 0.4) is 0 Å². The van der Waals surface area contributed by atoms with Crippen molar-refractivity contribution in [3.8, 4) is 10.7 Å². The van der Waals surface area contributed by atoms with Crippen molar-refractivity contribution in [3.05, 3.63) is 62.2 Å². The van der Waals surface area contributed by atoms with E-state index in [4.69, 9.17) is 0 Å². The van der Waals surface area contributed by atoms with Crippen LogP contribution in [0.15, 0.2) is 46.6 Å². The third-order valence-corrected chi connectivity index (χ3v) is 6.07. The number of thiophene rings is 1. The average Bonchev–Trinajstić information content (AvgIpc) is 3.37. The highest BCUT2D eigenvalue weighted by Crippen LogP contribution is 2.21. The minimum atomic E-state index is -0.117. The lowest BCUT2D eigenvalue weighted by molar-refractivity contribution is 0.866. The summed E-state index contributed by atoms with van der Waals surface area (Å²) in [5.74, 6) is 0.610. The first kappa shape index (κ1) is 16.9. The summed E-state index contributed by atoms with van der Waals surface area (Å²) in [6.45, 7) is 6.24. The molecule has 0 N–H and O–H groups in total. The van der Waals surface area contributed by atoms with Crippen LogP contribution in [0, 0.1) is 0 Å². The molecule has 0 saturated heterocycles. The summed E-state index contributed by atoms with van der Waals surface area (Å²) in [5.41, 5.74) is 2.08. The molecule has 0 atom stereocenters. The molecule has 3 aromatic heterocycles. The molecule has 4 aromatic rings.